The number of sulfone groups is 1. The molecule has 3 aromatic carbocycles. The summed E-state index contributed by atoms with van der Waals surface area (Å²) in [6.07, 6.45) is 3.19. The number of fused-ring (bicyclic) bond motifs is 1. The van der Waals surface area contributed by atoms with Crippen molar-refractivity contribution in [3.63, 3.8) is 0 Å². The van der Waals surface area contributed by atoms with Crippen LogP contribution in [0.1, 0.15) is 10.4 Å². The van der Waals surface area contributed by atoms with Gasteiger partial charge in [0.2, 0.25) is 0 Å². The van der Waals surface area contributed by atoms with Gasteiger partial charge in [-0.2, -0.15) is 16.8 Å². The molecule has 33 heavy (non-hydrogen) atoms. The zero-order chi connectivity index (χ0) is 23.4. The number of benzene rings is 3. The van der Waals surface area contributed by atoms with Crippen molar-refractivity contribution in [2.45, 2.75) is 11.4 Å². The van der Waals surface area contributed by atoms with Gasteiger partial charge in [-0.25, -0.2) is 8.42 Å². The molecule has 0 aliphatic heterocycles. The molecule has 0 unspecified atom stereocenters. The third kappa shape index (κ3) is 5.38. The van der Waals surface area contributed by atoms with Crippen LogP contribution in [0.2, 0.25) is 0 Å². The van der Waals surface area contributed by atoms with Gasteiger partial charge in [0.1, 0.15) is 11.5 Å². The van der Waals surface area contributed by atoms with Crippen LogP contribution in [-0.4, -0.2) is 37.2 Å². The second kappa shape index (κ2) is 9.94. The van der Waals surface area contributed by atoms with E-state index in [2.05, 4.69) is 4.99 Å². The van der Waals surface area contributed by atoms with E-state index in [4.69, 9.17) is 4.74 Å². The predicted octanol–water partition coefficient (Wildman–Crippen LogP) is 5.00. The molecule has 0 radical (unpaired) electrons. The number of aryl methyl sites for hydroxylation is 1. The van der Waals surface area contributed by atoms with Gasteiger partial charge in [0, 0.05) is 18.6 Å². The van der Waals surface area contributed by atoms with E-state index in [0.717, 1.165) is 16.0 Å². The molecule has 1 heterocycles. The Labute approximate surface area is 200 Å². The number of thiazole rings is 1. The standard InChI is InChI=1S/C24H22N2O4S3/c1-31-15-14-26-20-13-12-18(33(2,28)29)16-22(20)32-24(26)25-23(27)19-10-6-7-11-21(19)30-17-8-4-3-5-9-17/h3-13,16H,14-15H2,1-2H3. The number of carbonyl (C=O) groups is 1. The maximum atomic E-state index is 13.2. The van der Waals surface area contributed by atoms with Crippen molar-refractivity contribution in [2.24, 2.45) is 4.99 Å². The van der Waals surface area contributed by atoms with Gasteiger partial charge in [0.25, 0.3) is 5.91 Å². The summed E-state index contributed by atoms with van der Waals surface area (Å²) in [6, 6.07) is 21.3. The Hall–Kier alpha value is -2.88. The molecule has 1 aromatic heterocycles. The fourth-order valence-electron chi connectivity index (χ4n) is 3.26. The number of amides is 1. The molecule has 1 amide bonds. The number of ether oxygens (including phenoxy) is 1. The van der Waals surface area contributed by atoms with Gasteiger partial charge in [-0.15, -0.1) is 0 Å². The lowest BCUT2D eigenvalue weighted by molar-refractivity contribution is 0.0995. The smallest absolute Gasteiger partial charge is 0.283 e. The fraction of sp³-hybridized carbons (Fsp3) is 0.167. The van der Waals surface area contributed by atoms with Crippen molar-refractivity contribution < 1.29 is 17.9 Å². The van der Waals surface area contributed by atoms with Crippen LogP contribution in [-0.2, 0) is 16.4 Å². The molecule has 0 saturated carbocycles. The van der Waals surface area contributed by atoms with E-state index in [-0.39, 0.29) is 4.90 Å². The average molecular weight is 499 g/mol. The molecule has 0 fully saturated rings. The van der Waals surface area contributed by atoms with Crippen LogP contribution in [0.25, 0.3) is 10.2 Å². The second-order valence-electron chi connectivity index (χ2n) is 7.26. The molecule has 4 rings (SSSR count). The summed E-state index contributed by atoms with van der Waals surface area (Å²) in [6.45, 7) is 0.646. The first-order valence-corrected chi connectivity index (χ1v) is 14.2. The molecule has 0 N–H and O–H groups in total. The minimum Gasteiger partial charge on any atom is -0.457 e. The lowest BCUT2D eigenvalue weighted by atomic mass is 10.2. The van der Waals surface area contributed by atoms with Crippen molar-refractivity contribution in [3.8, 4) is 11.5 Å². The monoisotopic (exact) mass is 498 g/mol. The third-order valence-electron chi connectivity index (χ3n) is 4.89. The number of carbonyl (C=O) groups excluding carboxylic acids is 1. The first-order chi connectivity index (χ1) is 15.9. The fourth-order valence-corrected chi connectivity index (χ4v) is 5.44. The molecule has 0 saturated heterocycles. The molecule has 0 atom stereocenters. The first-order valence-electron chi connectivity index (χ1n) is 10.1. The number of rotatable bonds is 7. The Balaban J connectivity index is 1.79. The van der Waals surface area contributed by atoms with Crippen LogP contribution in [0.15, 0.2) is 82.7 Å². The van der Waals surface area contributed by atoms with Crippen molar-refractivity contribution in [2.75, 3.05) is 18.3 Å². The highest BCUT2D eigenvalue weighted by Gasteiger charge is 2.15. The van der Waals surface area contributed by atoms with E-state index in [1.54, 1.807) is 54.2 Å². The Kier molecular flexibility index (Phi) is 7.02. The number of para-hydroxylation sites is 2. The van der Waals surface area contributed by atoms with Gasteiger partial charge in [-0.05, 0) is 48.7 Å². The number of nitrogens with zero attached hydrogens (tertiary/aromatic N) is 2. The van der Waals surface area contributed by atoms with Crippen LogP contribution >= 0.6 is 23.1 Å². The van der Waals surface area contributed by atoms with Crippen molar-refractivity contribution in [1.82, 2.24) is 4.57 Å². The molecule has 9 heteroatoms. The molecule has 0 aliphatic rings. The van der Waals surface area contributed by atoms with E-state index in [1.165, 1.54) is 17.6 Å². The topological polar surface area (TPSA) is 77.7 Å². The van der Waals surface area contributed by atoms with Crippen molar-refractivity contribution in [1.29, 1.82) is 0 Å². The van der Waals surface area contributed by atoms with E-state index >= 15 is 0 Å². The zero-order valence-electron chi connectivity index (χ0n) is 18.1. The quantitative estimate of drug-likeness (QED) is 0.358. The van der Waals surface area contributed by atoms with E-state index in [9.17, 15) is 13.2 Å². The summed E-state index contributed by atoms with van der Waals surface area (Å²) in [5.74, 6) is 1.46. The summed E-state index contributed by atoms with van der Waals surface area (Å²) >= 11 is 2.98. The predicted molar refractivity (Wildman–Crippen MR) is 134 cm³/mol. The molecule has 0 bridgehead atoms. The normalized spacial score (nSPS) is 12.2. The summed E-state index contributed by atoms with van der Waals surface area (Å²) < 4.78 is 32.6. The largest absolute Gasteiger partial charge is 0.457 e. The number of thioether (sulfide) groups is 1. The Morgan fingerprint density at radius 1 is 1.06 bits per heavy atom. The van der Waals surface area contributed by atoms with Gasteiger partial charge < -0.3 is 9.30 Å². The molecule has 6 nitrogen and oxygen atoms in total. The van der Waals surface area contributed by atoms with E-state index in [1.807, 2.05) is 41.2 Å². The average Bonchev–Trinajstić information content (AvgIpc) is 3.14. The molecule has 170 valence electrons. The third-order valence-corrected chi connectivity index (χ3v) is 7.63. The van der Waals surface area contributed by atoms with Crippen LogP contribution in [0.5, 0.6) is 11.5 Å². The minimum atomic E-state index is -3.34. The van der Waals surface area contributed by atoms with E-state index < -0.39 is 15.7 Å². The molecular formula is C24H22N2O4S3. The van der Waals surface area contributed by atoms with Crippen molar-refractivity contribution >= 4 is 49.1 Å². The van der Waals surface area contributed by atoms with Gasteiger partial charge >= 0.3 is 0 Å². The van der Waals surface area contributed by atoms with Crippen LogP contribution in [0.4, 0.5) is 0 Å². The zero-order valence-corrected chi connectivity index (χ0v) is 20.5. The Bertz CT molecular complexity index is 1470. The molecule has 4 aromatic rings. The van der Waals surface area contributed by atoms with E-state index in [0.29, 0.717) is 28.4 Å². The van der Waals surface area contributed by atoms with Crippen molar-refractivity contribution in [3.05, 3.63) is 83.2 Å². The minimum absolute atomic E-state index is 0.243. The second-order valence-corrected chi connectivity index (χ2v) is 11.3. The Morgan fingerprint density at radius 2 is 1.79 bits per heavy atom. The number of hydrogen-bond donors (Lipinski definition) is 0. The molecular weight excluding hydrogens is 476 g/mol. The lowest BCUT2D eigenvalue weighted by Gasteiger charge is -2.09. The molecule has 0 spiro atoms. The lowest BCUT2D eigenvalue weighted by Crippen LogP contribution is -2.18. The SMILES string of the molecule is CSCCn1c(=NC(=O)c2ccccc2Oc2ccccc2)sc2cc(S(C)(=O)=O)ccc21. The summed E-state index contributed by atoms with van der Waals surface area (Å²) in [7, 11) is -3.34. The highest BCUT2D eigenvalue weighted by molar-refractivity contribution is 7.98. The highest BCUT2D eigenvalue weighted by atomic mass is 32.2. The highest BCUT2D eigenvalue weighted by Crippen LogP contribution is 2.26. The van der Waals surface area contributed by atoms with Crippen LogP contribution in [0, 0.1) is 0 Å². The number of hydrogen-bond acceptors (Lipinski definition) is 6. The van der Waals surface area contributed by atoms with Gasteiger partial charge in [0.05, 0.1) is 20.7 Å². The summed E-state index contributed by atoms with van der Waals surface area (Å²) in [5.41, 5.74) is 1.20. The van der Waals surface area contributed by atoms with Gasteiger partial charge in [0.15, 0.2) is 14.6 Å². The maximum absolute atomic E-state index is 13.2. The van der Waals surface area contributed by atoms with Gasteiger partial charge in [-0.3, -0.25) is 4.79 Å². The van der Waals surface area contributed by atoms with Crippen LogP contribution in [0.3, 0.4) is 0 Å². The van der Waals surface area contributed by atoms with Crippen LogP contribution < -0.4 is 9.54 Å². The van der Waals surface area contributed by atoms with Gasteiger partial charge in [-0.1, -0.05) is 41.7 Å². The molecule has 0 aliphatic carbocycles. The summed E-state index contributed by atoms with van der Waals surface area (Å²) in [4.78, 5) is 18.4. The maximum Gasteiger partial charge on any atom is 0.283 e. The first kappa shape index (κ1) is 23.3. The Morgan fingerprint density at radius 3 is 2.52 bits per heavy atom. The summed E-state index contributed by atoms with van der Waals surface area (Å²) in [5, 5.41) is 0. The number of aromatic nitrogens is 1.